The second-order valence-electron chi connectivity index (χ2n) is 8.36. The number of hydrogen-bond acceptors (Lipinski definition) is 4. The van der Waals surface area contributed by atoms with Crippen LogP contribution in [0.3, 0.4) is 0 Å². The third-order valence-electron chi connectivity index (χ3n) is 4.72. The monoisotopic (exact) mass is 523 g/mol. The van der Waals surface area contributed by atoms with Crippen molar-refractivity contribution < 1.29 is 4.74 Å². The van der Waals surface area contributed by atoms with Crippen LogP contribution >= 0.6 is 39.1 Å². The van der Waals surface area contributed by atoms with Gasteiger partial charge >= 0.3 is 0 Å². The lowest BCUT2D eigenvalue weighted by Gasteiger charge is -2.21. The highest BCUT2D eigenvalue weighted by molar-refractivity contribution is 9.10. The molecule has 0 aliphatic carbocycles. The van der Waals surface area contributed by atoms with E-state index in [2.05, 4.69) is 21.0 Å². The van der Waals surface area contributed by atoms with E-state index in [0.717, 1.165) is 10.9 Å². The van der Waals surface area contributed by atoms with Crippen LogP contribution in [0.5, 0.6) is 5.75 Å². The summed E-state index contributed by atoms with van der Waals surface area (Å²) >= 11 is 16.2. The minimum Gasteiger partial charge on any atom is -0.488 e. The van der Waals surface area contributed by atoms with Crippen LogP contribution in [-0.4, -0.2) is 22.0 Å². The molecule has 0 aliphatic heterocycles. The van der Waals surface area contributed by atoms with Crippen molar-refractivity contribution in [2.75, 3.05) is 0 Å². The molecule has 31 heavy (non-hydrogen) atoms. The molecule has 0 bridgehead atoms. The van der Waals surface area contributed by atoms with Gasteiger partial charge < -0.3 is 4.74 Å². The Morgan fingerprint density at radius 1 is 1.23 bits per heavy atom. The van der Waals surface area contributed by atoms with E-state index in [1.165, 1.54) is 4.68 Å². The minimum absolute atomic E-state index is 0.00886. The van der Waals surface area contributed by atoms with Crippen molar-refractivity contribution in [2.45, 2.75) is 52.6 Å². The maximum atomic E-state index is 13.2. The van der Waals surface area contributed by atoms with Crippen molar-refractivity contribution in [1.82, 2.24) is 9.66 Å². The van der Waals surface area contributed by atoms with Gasteiger partial charge in [0.05, 0.1) is 33.3 Å². The predicted molar refractivity (Wildman–Crippen MR) is 132 cm³/mol. The van der Waals surface area contributed by atoms with Crippen molar-refractivity contribution in [2.24, 2.45) is 5.10 Å². The van der Waals surface area contributed by atoms with E-state index in [9.17, 15) is 4.79 Å². The SMILES string of the molecule is CC[C@H](C)Oc1c(Cl)cc(C=Nn2c(C(C)(C)C)nc3ccc(Br)cc3c2=O)cc1Cl. The van der Waals surface area contributed by atoms with Crippen LogP contribution < -0.4 is 10.3 Å². The average Bonchev–Trinajstić information content (AvgIpc) is 2.69. The summed E-state index contributed by atoms with van der Waals surface area (Å²) in [5.41, 5.74) is 0.623. The van der Waals surface area contributed by atoms with Gasteiger partial charge in [-0.15, -0.1) is 0 Å². The van der Waals surface area contributed by atoms with Gasteiger partial charge in [0.25, 0.3) is 5.56 Å². The Balaban J connectivity index is 2.10. The fraction of sp³-hybridized carbons (Fsp3) is 0.348. The van der Waals surface area contributed by atoms with E-state index >= 15 is 0 Å². The Kier molecular flexibility index (Phi) is 7.14. The molecule has 3 aromatic rings. The zero-order valence-electron chi connectivity index (χ0n) is 18.0. The topological polar surface area (TPSA) is 56.5 Å². The molecule has 0 unspecified atom stereocenters. The number of benzene rings is 2. The number of nitrogens with zero attached hydrogens (tertiary/aromatic N) is 3. The summed E-state index contributed by atoms with van der Waals surface area (Å²) < 4.78 is 7.94. The van der Waals surface area contributed by atoms with E-state index in [-0.39, 0.29) is 11.7 Å². The van der Waals surface area contributed by atoms with Crippen LogP contribution in [0.25, 0.3) is 10.9 Å². The second kappa shape index (κ2) is 9.31. The van der Waals surface area contributed by atoms with E-state index in [0.29, 0.717) is 38.1 Å². The van der Waals surface area contributed by atoms with Crippen molar-refractivity contribution in [1.29, 1.82) is 0 Å². The molecule has 0 amide bonds. The molecule has 5 nitrogen and oxygen atoms in total. The number of fused-ring (bicyclic) bond motifs is 1. The number of rotatable bonds is 5. The number of ether oxygens (including phenoxy) is 1. The highest BCUT2D eigenvalue weighted by Gasteiger charge is 2.23. The highest BCUT2D eigenvalue weighted by atomic mass is 79.9. The number of aromatic nitrogens is 2. The number of halogens is 3. The smallest absolute Gasteiger partial charge is 0.282 e. The zero-order valence-corrected chi connectivity index (χ0v) is 21.1. The largest absolute Gasteiger partial charge is 0.488 e. The lowest BCUT2D eigenvalue weighted by Crippen LogP contribution is -2.29. The third kappa shape index (κ3) is 5.30. The Morgan fingerprint density at radius 3 is 2.45 bits per heavy atom. The maximum Gasteiger partial charge on any atom is 0.282 e. The van der Waals surface area contributed by atoms with Crippen molar-refractivity contribution in [3.63, 3.8) is 0 Å². The van der Waals surface area contributed by atoms with Gasteiger partial charge in [-0.05, 0) is 49.2 Å². The molecule has 0 aliphatic rings. The summed E-state index contributed by atoms with van der Waals surface area (Å²) in [6, 6.07) is 8.85. The Hall–Kier alpha value is -1.89. The van der Waals surface area contributed by atoms with E-state index in [1.807, 2.05) is 46.8 Å². The number of hydrogen-bond donors (Lipinski definition) is 0. The fourth-order valence-corrected chi connectivity index (χ4v) is 3.87. The van der Waals surface area contributed by atoms with Crippen molar-refractivity contribution in [3.8, 4) is 5.75 Å². The van der Waals surface area contributed by atoms with E-state index in [4.69, 9.17) is 32.9 Å². The van der Waals surface area contributed by atoms with Gasteiger partial charge in [0.2, 0.25) is 0 Å². The van der Waals surface area contributed by atoms with Gasteiger partial charge in [0.15, 0.2) is 5.75 Å². The second-order valence-corrected chi connectivity index (χ2v) is 10.1. The molecular formula is C23H24BrCl2N3O2. The Bertz CT molecular complexity index is 1190. The lowest BCUT2D eigenvalue weighted by molar-refractivity contribution is 0.218. The van der Waals surface area contributed by atoms with Crippen molar-refractivity contribution >= 4 is 56.2 Å². The lowest BCUT2D eigenvalue weighted by atomic mass is 9.95. The summed E-state index contributed by atoms with van der Waals surface area (Å²) in [5, 5.41) is 5.71. The summed E-state index contributed by atoms with van der Waals surface area (Å²) in [4.78, 5) is 17.9. The molecule has 0 fully saturated rings. The van der Waals surface area contributed by atoms with Crippen LogP contribution in [0.4, 0.5) is 0 Å². The van der Waals surface area contributed by atoms with Crippen LogP contribution in [0, 0.1) is 0 Å². The molecule has 164 valence electrons. The molecule has 0 radical (unpaired) electrons. The molecule has 1 aromatic heterocycles. The molecule has 0 N–H and O–H groups in total. The van der Waals surface area contributed by atoms with Gasteiger partial charge in [-0.3, -0.25) is 4.79 Å². The normalized spacial score (nSPS) is 13.2. The first-order valence-electron chi connectivity index (χ1n) is 9.94. The van der Waals surface area contributed by atoms with Gasteiger partial charge in [-0.1, -0.05) is 66.8 Å². The summed E-state index contributed by atoms with van der Waals surface area (Å²) in [6.45, 7) is 9.93. The molecule has 3 rings (SSSR count). The van der Waals surface area contributed by atoms with Crippen LogP contribution in [0.2, 0.25) is 10.0 Å². The molecule has 1 heterocycles. The maximum absolute atomic E-state index is 13.2. The molecule has 1 atom stereocenters. The van der Waals surface area contributed by atoms with Crippen LogP contribution in [0.15, 0.2) is 44.7 Å². The Morgan fingerprint density at radius 2 is 1.87 bits per heavy atom. The first-order chi connectivity index (χ1) is 14.5. The van der Waals surface area contributed by atoms with E-state index < -0.39 is 5.41 Å². The summed E-state index contributed by atoms with van der Waals surface area (Å²) in [6.07, 6.45) is 2.37. The molecular weight excluding hydrogens is 501 g/mol. The molecule has 0 saturated carbocycles. The first-order valence-corrected chi connectivity index (χ1v) is 11.5. The third-order valence-corrected chi connectivity index (χ3v) is 5.77. The predicted octanol–water partition coefficient (Wildman–Crippen LogP) is 6.82. The van der Waals surface area contributed by atoms with Gasteiger partial charge in [0, 0.05) is 9.89 Å². The quantitative estimate of drug-likeness (QED) is 0.344. The zero-order chi connectivity index (χ0) is 22.9. The van der Waals surface area contributed by atoms with Gasteiger partial charge in [-0.2, -0.15) is 9.78 Å². The van der Waals surface area contributed by atoms with Gasteiger partial charge in [-0.25, -0.2) is 4.98 Å². The molecule has 2 aromatic carbocycles. The first kappa shape index (κ1) is 23.8. The highest BCUT2D eigenvalue weighted by Crippen LogP contribution is 2.35. The van der Waals surface area contributed by atoms with Gasteiger partial charge in [0.1, 0.15) is 5.82 Å². The summed E-state index contributed by atoms with van der Waals surface area (Å²) in [7, 11) is 0. The van der Waals surface area contributed by atoms with E-state index in [1.54, 1.807) is 24.4 Å². The minimum atomic E-state index is -0.402. The van der Waals surface area contributed by atoms with Crippen molar-refractivity contribution in [3.05, 3.63) is 66.6 Å². The fourth-order valence-electron chi connectivity index (χ4n) is 2.92. The van der Waals surface area contributed by atoms with Crippen LogP contribution in [0.1, 0.15) is 52.4 Å². The Labute approximate surface area is 200 Å². The average molecular weight is 525 g/mol. The molecule has 0 spiro atoms. The molecule has 0 saturated heterocycles. The standard InChI is InChI=1S/C23H24BrCl2N3O2/c1-6-13(2)31-20-17(25)9-14(10-18(20)26)12-27-29-21(30)16-11-15(24)7-8-19(16)28-22(29)23(3,4)5/h7-13H,6H2,1-5H3/t13-/m0/s1. The molecule has 8 heteroatoms. The summed E-state index contributed by atoms with van der Waals surface area (Å²) in [5.74, 6) is 0.997. The van der Waals surface area contributed by atoms with Crippen LogP contribution in [-0.2, 0) is 5.41 Å².